The molecule has 0 radical (unpaired) electrons. The van der Waals surface area contributed by atoms with Crippen LogP contribution in [0.1, 0.15) is 19.4 Å². The van der Waals surface area contributed by atoms with Crippen molar-refractivity contribution in [2.75, 3.05) is 11.9 Å². The van der Waals surface area contributed by atoms with Crippen molar-refractivity contribution < 1.29 is 8.98 Å². The molecule has 0 saturated heterocycles. The van der Waals surface area contributed by atoms with Crippen LogP contribution in [0.25, 0.3) is 33.3 Å². The summed E-state index contributed by atoms with van der Waals surface area (Å²) in [5.74, 6) is 0.746. The van der Waals surface area contributed by atoms with Crippen LogP contribution in [0.4, 0.5) is 11.4 Å². The molecule has 0 saturated carbocycles. The Morgan fingerprint density at radius 2 is 1.77 bits per heavy atom. The molecule has 1 aromatic heterocycles. The van der Waals surface area contributed by atoms with E-state index >= 15 is 0 Å². The molecule has 2 aromatic carbocycles. The summed E-state index contributed by atoms with van der Waals surface area (Å²) >= 11 is 0. The highest BCUT2D eigenvalue weighted by atomic mass is 16.3. The lowest BCUT2D eigenvalue weighted by molar-refractivity contribution is -0.693. The molecule has 3 aromatic rings. The van der Waals surface area contributed by atoms with Crippen LogP contribution < -0.4 is 15.2 Å². The van der Waals surface area contributed by atoms with Crippen LogP contribution in [-0.4, -0.2) is 11.5 Å². The lowest BCUT2D eigenvalue weighted by Gasteiger charge is -2.14. The molecule has 0 unspecified atom stereocenters. The van der Waals surface area contributed by atoms with E-state index in [0.29, 0.717) is 0 Å². The third-order valence-corrected chi connectivity index (χ3v) is 5.57. The number of nitrogens with zero attached hydrogens (tertiary/aromatic N) is 3. The number of benzene rings is 3. The van der Waals surface area contributed by atoms with E-state index in [0.717, 1.165) is 68.7 Å². The molecular formula is C26H25N4O+. The van der Waals surface area contributed by atoms with Crippen molar-refractivity contribution in [2.24, 2.45) is 4.99 Å². The van der Waals surface area contributed by atoms with Crippen LogP contribution in [0, 0.1) is 6.92 Å². The fourth-order valence-corrected chi connectivity index (χ4v) is 3.95. The predicted molar refractivity (Wildman–Crippen MR) is 125 cm³/mol. The van der Waals surface area contributed by atoms with Crippen molar-refractivity contribution in [1.29, 1.82) is 0 Å². The average Bonchev–Trinajstić information content (AvgIpc) is 2.79. The minimum absolute atomic E-state index is 0.737. The lowest BCUT2D eigenvalue weighted by atomic mass is 10.1. The predicted octanol–water partition coefficient (Wildman–Crippen LogP) is 5.37. The quantitative estimate of drug-likeness (QED) is 0.247. The second kappa shape index (κ2) is 7.84. The van der Waals surface area contributed by atoms with Gasteiger partial charge >= 0.3 is 0 Å². The number of pyridine rings is 1. The van der Waals surface area contributed by atoms with E-state index in [1.807, 2.05) is 25.1 Å². The Morgan fingerprint density at radius 1 is 1.00 bits per heavy atom. The van der Waals surface area contributed by atoms with Gasteiger partial charge in [0.15, 0.2) is 23.7 Å². The van der Waals surface area contributed by atoms with E-state index in [9.17, 15) is 0 Å². The molecule has 5 rings (SSSR count). The average molecular weight is 410 g/mol. The van der Waals surface area contributed by atoms with Gasteiger partial charge in [-0.05, 0) is 32.4 Å². The molecule has 0 fully saturated rings. The third-order valence-electron chi connectivity index (χ3n) is 5.57. The van der Waals surface area contributed by atoms with Gasteiger partial charge in [0.1, 0.15) is 17.8 Å². The van der Waals surface area contributed by atoms with Crippen LogP contribution >= 0.6 is 0 Å². The Morgan fingerprint density at radius 3 is 2.52 bits per heavy atom. The number of hydrogen-bond acceptors (Lipinski definition) is 4. The Kier molecular flexibility index (Phi) is 4.86. The van der Waals surface area contributed by atoms with Crippen molar-refractivity contribution in [3.63, 3.8) is 0 Å². The van der Waals surface area contributed by atoms with Crippen molar-refractivity contribution in [3.05, 3.63) is 77.9 Å². The monoisotopic (exact) mass is 409 g/mol. The van der Waals surface area contributed by atoms with Gasteiger partial charge in [-0.3, -0.25) is 4.99 Å². The molecule has 154 valence electrons. The highest BCUT2D eigenvalue weighted by Crippen LogP contribution is 2.35. The van der Waals surface area contributed by atoms with Crippen LogP contribution in [0.3, 0.4) is 0 Å². The van der Waals surface area contributed by atoms with E-state index < -0.39 is 0 Å². The molecule has 5 nitrogen and oxygen atoms in total. The lowest BCUT2D eigenvalue weighted by Crippen LogP contribution is -2.30. The van der Waals surface area contributed by atoms with Crippen molar-refractivity contribution in [1.82, 2.24) is 4.98 Å². The van der Waals surface area contributed by atoms with Crippen LogP contribution in [0.5, 0.6) is 0 Å². The molecule has 2 aliphatic rings. The summed E-state index contributed by atoms with van der Waals surface area (Å²) in [6.45, 7) is 7.91. The minimum atomic E-state index is 0.737. The summed E-state index contributed by atoms with van der Waals surface area (Å²) in [6, 6.07) is 18.6. The van der Waals surface area contributed by atoms with E-state index in [1.165, 1.54) is 0 Å². The second-order valence-corrected chi connectivity index (χ2v) is 7.65. The molecule has 2 heterocycles. The molecule has 0 bridgehead atoms. The van der Waals surface area contributed by atoms with Crippen molar-refractivity contribution in [3.8, 4) is 11.5 Å². The van der Waals surface area contributed by atoms with Gasteiger partial charge in [0.2, 0.25) is 0 Å². The Balaban J connectivity index is 1.73. The molecule has 1 aliphatic carbocycles. The number of nitrogens with one attached hydrogen (secondary N) is 1. The first kappa shape index (κ1) is 19.2. The zero-order chi connectivity index (χ0) is 21.4. The highest BCUT2D eigenvalue weighted by molar-refractivity contribution is 6.10. The van der Waals surface area contributed by atoms with Gasteiger partial charge in [0, 0.05) is 41.6 Å². The maximum atomic E-state index is 6.34. The van der Waals surface area contributed by atoms with Gasteiger partial charge in [-0.25, -0.2) is 9.55 Å². The number of aryl methyl sites for hydroxylation is 2. The molecule has 0 atom stereocenters. The number of fused-ring (bicyclic) bond motifs is 4. The number of hydrogen-bond donors (Lipinski definition) is 1. The fourth-order valence-electron chi connectivity index (χ4n) is 3.95. The fraction of sp³-hybridized carbons (Fsp3) is 0.192. The Bertz CT molecular complexity index is 1430. The zero-order valence-corrected chi connectivity index (χ0v) is 18.0. The van der Waals surface area contributed by atoms with Gasteiger partial charge in [-0.1, -0.05) is 24.3 Å². The van der Waals surface area contributed by atoms with E-state index in [2.05, 4.69) is 77.5 Å². The van der Waals surface area contributed by atoms with Gasteiger partial charge in [-0.15, -0.1) is 0 Å². The molecule has 0 amide bonds. The molecule has 0 spiro atoms. The minimum Gasteiger partial charge on any atom is -0.453 e. The maximum absolute atomic E-state index is 6.34. The van der Waals surface area contributed by atoms with E-state index in [-0.39, 0.29) is 0 Å². The van der Waals surface area contributed by atoms with E-state index in [4.69, 9.17) is 9.40 Å². The maximum Gasteiger partial charge on any atom is 0.170 e. The molecule has 1 N–H and O–H groups in total. The summed E-state index contributed by atoms with van der Waals surface area (Å²) in [5.41, 5.74) is 5.59. The Labute approximate surface area is 181 Å². The van der Waals surface area contributed by atoms with Gasteiger partial charge in [0.25, 0.3) is 0 Å². The molecular weight excluding hydrogens is 384 g/mol. The first-order valence-electron chi connectivity index (χ1n) is 10.7. The first-order valence-corrected chi connectivity index (χ1v) is 10.7. The topological polar surface area (TPSA) is 54.3 Å². The van der Waals surface area contributed by atoms with Gasteiger partial charge < -0.3 is 9.73 Å². The van der Waals surface area contributed by atoms with E-state index in [1.54, 1.807) is 0 Å². The number of rotatable bonds is 4. The normalized spacial score (nSPS) is 12.2. The summed E-state index contributed by atoms with van der Waals surface area (Å²) in [7, 11) is 0. The zero-order valence-electron chi connectivity index (χ0n) is 18.0. The van der Waals surface area contributed by atoms with Crippen molar-refractivity contribution >= 4 is 33.2 Å². The largest absolute Gasteiger partial charge is 0.453 e. The van der Waals surface area contributed by atoms with Gasteiger partial charge in [0.05, 0.1) is 16.7 Å². The Hall–Kier alpha value is -3.73. The van der Waals surface area contributed by atoms with Crippen molar-refractivity contribution in [2.45, 2.75) is 27.3 Å². The molecule has 1 aliphatic heterocycles. The SMILES string of the molecule is CCN=c1cc2oc3cc(Nc4cc[n+](CC)cc4)c4ccccc4c3nc-2cc1C. The van der Waals surface area contributed by atoms with Crippen LogP contribution in [-0.2, 0) is 6.54 Å². The van der Waals surface area contributed by atoms with Gasteiger partial charge in [-0.2, -0.15) is 0 Å². The summed E-state index contributed by atoms with van der Waals surface area (Å²) < 4.78 is 8.48. The second-order valence-electron chi connectivity index (χ2n) is 7.65. The smallest absolute Gasteiger partial charge is 0.170 e. The molecule has 5 heteroatoms. The highest BCUT2D eigenvalue weighted by Gasteiger charge is 2.15. The van der Waals surface area contributed by atoms with Crippen LogP contribution in [0.15, 0.2) is 76.4 Å². The number of aromatic nitrogens is 2. The molecule has 31 heavy (non-hydrogen) atoms. The summed E-state index contributed by atoms with van der Waals surface area (Å²) in [4.78, 5) is 9.54. The number of anilines is 2. The van der Waals surface area contributed by atoms with Crippen LogP contribution in [0.2, 0.25) is 0 Å². The standard InChI is InChI=1S/C26H24N4O/c1-4-27-21-15-24-23(14-17(21)3)29-26-20-9-7-6-8-19(20)22(16-25(26)31-24)28-18-10-12-30(5-2)13-11-18/h6-16H,4-5H2,1-3H3/p+1. The summed E-state index contributed by atoms with van der Waals surface area (Å²) in [5, 5.41) is 6.68. The first-order chi connectivity index (χ1) is 15.2. The summed E-state index contributed by atoms with van der Waals surface area (Å²) in [6.07, 6.45) is 4.15. The third kappa shape index (κ3) is 3.52.